The summed E-state index contributed by atoms with van der Waals surface area (Å²) in [6.07, 6.45) is 0. The van der Waals surface area contributed by atoms with Gasteiger partial charge in [-0.05, 0) is 89.0 Å². The number of rotatable bonds is 6. The molecule has 0 aliphatic rings. The first-order valence-corrected chi connectivity index (χ1v) is 18.2. The Morgan fingerprint density at radius 2 is 1.04 bits per heavy atom. The Kier molecular flexibility index (Phi) is 7.04. The van der Waals surface area contributed by atoms with Crippen molar-refractivity contribution < 1.29 is 0 Å². The molecule has 0 aliphatic carbocycles. The predicted octanol–water partition coefficient (Wildman–Crippen LogP) is 14.0. The zero-order valence-electron chi connectivity index (χ0n) is 27.8. The number of hydrogen-bond acceptors (Lipinski definition) is 2. The van der Waals surface area contributed by atoms with Gasteiger partial charge >= 0.3 is 0 Å². The first-order valence-electron chi connectivity index (χ1n) is 17.4. The van der Waals surface area contributed by atoms with Gasteiger partial charge in [-0.2, -0.15) is 0 Å². The quantitative estimate of drug-likeness (QED) is 0.171. The molecule has 0 atom stereocenters. The lowest BCUT2D eigenvalue weighted by atomic mass is 9.99. The van der Waals surface area contributed by atoms with E-state index in [9.17, 15) is 0 Å². The smallest absolute Gasteiger partial charge is 0.0554 e. The van der Waals surface area contributed by atoms with E-state index in [0.29, 0.717) is 0 Å². The monoisotopic (exact) mass is 668 g/mol. The number of thiophene rings is 1. The van der Waals surface area contributed by atoms with E-state index in [0.717, 1.165) is 17.1 Å². The topological polar surface area (TPSA) is 8.17 Å². The van der Waals surface area contributed by atoms with E-state index in [1.54, 1.807) is 0 Å². The molecule has 240 valence electrons. The van der Waals surface area contributed by atoms with Crippen LogP contribution in [0.15, 0.2) is 194 Å². The number of hydrogen-bond donors (Lipinski definition) is 0. The van der Waals surface area contributed by atoms with E-state index in [1.807, 2.05) is 11.3 Å². The van der Waals surface area contributed by atoms with Gasteiger partial charge in [0, 0.05) is 48.0 Å². The summed E-state index contributed by atoms with van der Waals surface area (Å²) in [4.78, 5) is 2.46. The zero-order valence-corrected chi connectivity index (χ0v) is 28.6. The maximum Gasteiger partial charge on any atom is 0.0554 e. The van der Waals surface area contributed by atoms with Gasteiger partial charge in [0.15, 0.2) is 0 Å². The third-order valence-corrected chi connectivity index (χ3v) is 11.1. The van der Waals surface area contributed by atoms with Gasteiger partial charge in [0.1, 0.15) is 0 Å². The largest absolute Gasteiger partial charge is 0.310 e. The molecule has 0 saturated heterocycles. The van der Waals surface area contributed by atoms with Crippen molar-refractivity contribution in [2.24, 2.45) is 0 Å². The molecule has 0 N–H and O–H groups in total. The molecular formula is C48H32N2S. The third kappa shape index (κ3) is 4.93. The molecule has 3 heteroatoms. The van der Waals surface area contributed by atoms with Crippen LogP contribution in [0.2, 0.25) is 0 Å². The number of fused-ring (bicyclic) bond motifs is 6. The Morgan fingerprint density at radius 1 is 0.392 bits per heavy atom. The molecule has 0 saturated carbocycles. The van der Waals surface area contributed by atoms with Gasteiger partial charge in [-0.25, -0.2) is 0 Å². The van der Waals surface area contributed by atoms with Crippen LogP contribution < -0.4 is 4.90 Å². The van der Waals surface area contributed by atoms with Crippen LogP contribution >= 0.6 is 11.3 Å². The van der Waals surface area contributed by atoms with Crippen molar-refractivity contribution in [3.63, 3.8) is 0 Å². The Bertz CT molecular complexity index is 2850. The van der Waals surface area contributed by atoms with Crippen molar-refractivity contribution in [1.29, 1.82) is 0 Å². The lowest BCUT2D eigenvalue weighted by molar-refractivity contribution is 1.18. The average Bonchev–Trinajstić information content (AvgIpc) is 3.75. The van der Waals surface area contributed by atoms with Gasteiger partial charge in [0.25, 0.3) is 0 Å². The molecule has 0 unspecified atom stereocenters. The van der Waals surface area contributed by atoms with Crippen LogP contribution in [0.5, 0.6) is 0 Å². The summed E-state index contributed by atoms with van der Waals surface area (Å²) in [7, 11) is 0. The fourth-order valence-electron chi connectivity index (χ4n) is 7.74. The number of nitrogens with zero attached hydrogens (tertiary/aromatic N) is 2. The second-order valence-electron chi connectivity index (χ2n) is 12.9. The minimum Gasteiger partial charge on any atom is -0.310 e. The highest BCUT2D eigenvalue weighted by Crippen LogP contribution is 2.47. The summed E-state index contributed by atoms with van der Waals surface area (Å²) >= 11 is 1.86. The average molecular weight is 669 g/mol. The zero-order chi connectivity index (χ0) is 33.7. The Hall–Kier alpha value is -6.42. The molecule has 0 radical (unpaired) electrons. The summed E-state index contributed by atoms with van der Waals surface area (Å²) in [6, 6.07) is 70.4. The van der Waals surface area contributed by atoms with Crippen LogP contribution in [0.1, 0.15) is 0 Å². The molecule has 0 fully saturated rings. The minimum atomic E-state index is 1.12. The van der Waals surface area contributed by atoms with Crippen LogP contribution in [0.25, 0.3) is 69.9 Å². The second kappa shape index (κ2) is 12.2. The second-order valence-corrected chi connectivity index (χ2v) is 14.0. The Morgan fingerprint density at radius 3 is 1.86 bits per heavy atom. The lowest BCUT2D eigenvalue weighted by Crippen LogP contribution is -2.10. The number of para-hydroxylation sites is 1. The number of aromatic nitrogens is 1. The standard InChI is InChI=1S/C48H32N2S/c1-4-15-33(16-5-1)35-19-12-22-37(31-35)49(44-26-14-28-46-48(44)40-23-10-11-27-45(40)51-46)38-29-30-42-41(32-38)47-39(34-17-6-2-7-18-34)24-13-25-43(47)50(42)36-20-8-3-9-21-36/h1-32H. The van der Waals surface area contributed by atoms with Crippen LogP contribution in [-0.2, 0) is 0 Å². The minimum absolute atomic E-state index is 1.12. The molecule has 0 aliphatic heterocycles. The highest BCUT2D eigenvalue weighted by Gasteiger charge is 2.22. The number of anilines is 3. The molecule has 2 heterocycles. The third-order valence-electron chi connectivity index (χ3n) is 9.96. The van der Waals surface area contributed by atoms with Crippen LogP contribution in [-0.4, -0.2) is 4.57 Å². The van der Waals surface area contributed by atoms with E-state index in [4.69, 9.17) is 0 Å². The highest BCUT2D eigenvalue weighted by atomic mass is 32.1. The molecule has 0 bridgehead atoms. The summed E-state index contributed by atoms with van der Waals surface area (Å²) in [5.74, 6) is 0. The van der Waals surface area contributed by atoms with E-state index >= 15 is 0 Å². The first kappa shape index (κ1) is 29.5. The van der Waals surface area contributed by atoms with Crippen molar-refractivity contribution in [2.75, 3.05) is 4.90 Å². The van der Waals surface area contributed by atoms with Crippen molar-refractivity contribution in [3.8, 4) is 27.9 Å². The fourth-order valence-corrected chi connectivity index (χ4v) is 8.86. The van der Waals surface area contributed by atoms with Gasteiger partial charge in [0.2, 0.25) is 0 Å². The van der Waals surface area contributed by atoms with Crippen molar-refractivity contribution in [1.82, 2.24) is 4.57 Å². The van der Waals surface area contributed by atoms with Gasteiger partial charge in [-0.3, -0.25) is 0 Å². The summed E-state index contributed by atoms with van der Waals surface area (Å²) in [6.45, 7) is 0. The predicted molar refractivity (Wildman–Crippen MR) is 219 cm³/mol. The van der Waals surface area contributed by atoms with E-state index < -0.39 is 0 Å². The lowest BCUT2D eigenvalue weighted by Gasteiger charge is -2.27. The van der Waals surface area contributed by atoms with Crippen molar-refractivity contribution in [3.05, 3.63) is 194 Å². The summed E-state index contributed by atoms with van der Waals surface area (Å²) in [5.41, 5.74) is 11.8. The van der Waals surface area contributed by atoms with Crippen molar-refractivity contribution in [2.45, 2.75) is 0 Å². The Balaban J connectivity index is 1.29. The molecule has 2 aromatic heterocycles. The maximum absolute atomic E-state index is 2.46. The van der Waals surface area contributed by atoms with Crippen molar-refractivity contribution >= 4 is 70.4 Å². The maximum atomic E-state index is 2.46. The molecule has 10 aromatic rings. The van der Waals surface area contributed by atoms with Gasteiger partial charge in [-0.1, -0.05) is 127 Å². The van der Waals surface area contributed by atoms with Gasteiger partial charge in [0.05, 0.1) is 16.7 Å². The normalized spacial score (nSPS) is 11.5. The molecule has 8 aromatic carbocycles. The summed E-state index contributed by atoms with van der Waals surface area (Å²) in [5, 5.41) is 5.03. The van der Waals surface area contributed by atoms with Crippen LogP contribution in [0.4, 0.5) is 17.1 Å². The summed E-state index contributed by atoms with van der Waals surface area (Å²) < 4.78 is 4.99. The van der Waals surface area contributed by atoms with Gasteiger partial charge < -0.3 is 9.47 Å². The molecular weight excluding hydrogens is 637 g/mol. The molecule has 51 heavy (non-hydrogen) atoms. The molecule has 2 nitrogen and oxygen atoms in total. The van der Waals surface area contributed by atoms with Gasteiger partial charge in [-0.15, -0.1) is 11.3 Å². The first-order chi connectivity index (χ1) is 25.3. The molecule has 0 amide bonds. The highest BCUT2D eigenvalue weighted by molar-refractivity contribution is 7.26. The Labute approximate surface area is 300 Å². The van der Waals surface area contributed by atoms with E-state index in [2.05, 4.69) is 204 Å². The van der Waals surface area contributed by atoms with E-state index in [-0.39, 0.29) is 0 Å². The SMILES string of the molecule is c1ccc(-c2cccc(N(c3ccc4c(c3)c3c(-c5ccccc5)cccc3n4-c3ccccc3)c3cccc4sc5ccccc5c34)c2)cc1. The van der Waals surface area contributed by atoms with E-state index in [1.165, 1.54) is 69.9 Å². The van der Waals surface area contributed by atoms with Crippen LogP contribution in [0.3, 0.4) is 0 Å². The molecule has 0 spiro atoms. The number of benzene rings is 8. The molecule has 10 rings (SSSR count). The fraction of sp³-hybridized carbons (Fsp3) is 0. The van der Waals surface area contributed by atoms with Crippen LogP contribution in [0, 0.1) is 0 Å².